The summed E-state index contributed by atoms with van der Waals surface area (Å²) in [4.78, 5) is 26.5. The fraction of sp³-hybridized carbons (Fsp3) is 0.500. The number of aromatic amines is 1. The van der Waals surface area contributed by atoms with E-state index < -0.39 is 5.97 Å². The zero-order chi connectivity index (χ0) is 14.8. The third-order valence-corrected chi connectivity index (χ3v) is 3.79. The molecule has 1 aliphatic rings. The summed E-state index contributed by atoms with van der Waals surface area (Å²) < 4.78 is 6.65. The molecule has 0 amide bonds. The maximum atomic E-state index is 11.9. The van der Waals surface area contributed by atoms with E-state index in [4.69, 9.17) is 4.74 Å². The van der Waals surface area contributed by atoms with E-state index in [0.717, 1.165) is 31.6 Å². The topological polar surface area (TPSA) is 88.5 Å². The second-order valence-corrected chi connectivity index (χ2v) is 5.12. The first-order valence-electron chi connectivity index (χ1n) is 7.19. The van der Waals surface area contributed by atoms with E-state index in [0.29, 0.717) is 11.2 Å². The van der Waals surface area contributed by atoms with Crippen molar-refractivity contribution in [3.63, 3.8) is 0 Å². The number of H-pyrrole nitrogens is 1. The van der Waals surface area contributed by atoms with Gasteiger partial charge in [0.05, 0.1) is 18.5 Å². The highest BCUT2D eigenvalue weighted by Gasteiger charge is 2.22. The molecule has 7 nitrogen and oxygen atoms in total. The van der Waals surface area contributed by atoms with E-state index in [1.54, 1.807) is 17.5 Å². The highest BCUT2D eigenvalue weighted by Crippen LogP contribution is 2.24. The average molecular weight is 290 g/mol. The van der Waals surface area contributed by atoms with E-state index in [2.05, 4.69) is 15.4 Å². The van der Waals surface area contributed by atoms with Gasteiger partial charge in [-0.25, -0.2) is 9.31 Å². The average Bonchev–Trinajstić information content (AvgIpc) is 2.91. The third kappa shape index (κ3) is 2.56. The smallest absolute Gasteiger partial charge is 0.343 e. The zero-order valence-electron chi connectivity index (χ0n) is 11.9. The maximum absolute atomic E-state index is 11.9. The number of ether oxygens (including phenoxy) is 1. The Labute approximate surface area is 121 Å². The summed E-state index contributed by atoms with van der Waals surface area (Å²) in [5, 5.41) is 7.56. The van der Waals surface area contributed by atoms with Gasteiger partial charge >= 0.3 is 5.97 Å². The lowest BCUT2D eigenvalue weighted by Crippen LogP contribution is -2.28. The number of piperidine rings is 1. The summed E-state index contributed by atoms with van der Waals surface area (Å²) in [6.07, 6.45) is 3.36. The molecule has 2 aromatic heterocycles. The molecule has 0 saturated carbocycles. The molecule has 112 valence electrons. The minimum Gasteiger partial charge on any atom is -0.462 e. The Kier molecular flexibility index (Phi) is 3.74. The fourth-order valence-electron chi connectivity index (χ4n) is 2.78. The lowest BCUT2D eigenvalue weighted by atomic mass is 9.94. The molecule has 0 atom stereocenters. The minimum atomic E-state index is -0.467. The molecule has 0 spiro atoms. The van der Waals surface area contributed by atoms with Crippen LogP contribution in [-0.4, -0.2) is 40.3 Å². The summed E-state index contributed by atoms with van der Waals surface area (Å²) in [5.74, 6) is -0.198. The van der Waals surface area contributed by atoms with Crippen molar-refractivity contribution in [1.29, 1.82) is 0 Å². The monoisotopic (exact) mass is 290 g/mol. The Morgan fingerprint density at radius 2 is 2.24 bits per heavy atom. The molecule has 3 rings (SSSR count). The van der Waals surface area contributed by atoms with Gasteiger partial charge < -0.3 is 15.0 Å². The molecule has 1 saturated heterocycles. The fourth-order valence-corrected chi connectivity index (χ4v) is 2.78. The first-order valence-corrected chi connectivity index (χ1v) is 7.19. The molecule has 0 unspecified atom stereocenters. The van der Waals surface area contributed by atoms with Crippen LogP contribution in [0.5, 0.6) is 0 Å². The van der Waals surface area contributed by atoms with Gasteiger partial charge in [-0.1, -0.05) is 0 Å². The van der Waals surface area contributed by atoms with Crippen molar-refractivity contribution in [3.05, 3.63) is 33.9 Å². The van der Waals surface area contributed by atoms with Crippen LogP contribution in [0.25, 0.3) is 5.65 Å². The van der Waals surface area contributed by atoms with Crippen LogP contribution in [0.2, 0.25) is 0 Å². The molecule has 2 aromatic rings. The van der Waals surface area contributed by atoms with Crippen LogP contribution in [0.4, 0.5) is 0 Å². The van der Waals surface area contributed by atoms with Crippen molar-refractivity contribution in [2.24, 2.45) is 0 Å². The predicted molar refractivity (Wildman–Crippen MR) is 76.6 cm³/mol. The summed E-state index contributed by atoms with van der Waals surface area (Å²) in [7, 11) is 0. The quantitative estimate of drug-likeness (QED) is 0.811. The van der Waals surface area contributed by atoms with Crippen molar-refractivity contribution in [2.45, 2.75) is 25.7 Å². The van der Waals surface area contributed by atoms with Crippen molar-refractivity contribution in [3.8, 4) is 0 Å². The van der Waals surface area contributed by atoms with Crippen LogP contribution in [-0.2, 0) is 4.74 Å². The molecule has 0 aromatic carbocycles. The Morgan fingerprint density at radius 1 is 1.48 bits per heavy atom. The Hall–Kier alpha value is -2.15. The van der Waals surface area contributed by atoms with Gasteiger partial charge in [-0.15, -0.1) is 0 Å². The van der Waals surface area contributed by atoms with E-state index in [-0.39, 0.29) is 18.1 Å². The Bertz CT molecular complexity index is 713. The number of nitrogens with zero attached hydrogens (tertiary/aromatic N) is 2. The van der Waals surface area contributed by atoms with Crippen molar-refractivity contribution >= 4 is 11.6 Å². The molecule has 0 radical (unpaired) electrons. The number of carbonyl (C=O) groups excluding carboxylic acids is 1. The molecule has 0 aliphatic carbocycles. The second-order valence-electron chi connectivity index (χ2n) is 5.12. The maximum Gasteiger partial charge on any atom is 0.343 e. The lowest BCUT2D eigenvalue weighted by molar-refractivity contribution is 0.0528. The number of esters is 1. The zero-order valence-corrected chi connectivity index (χ0v) is 11.9. The van der Waals surface area contributed by atoms with Gasteiger partial charge in [0.25, 0.3) is 5.56 Å². The molecule has 21 heavy (non-hydrogen) atoms. The van der Waals surface area contributed by atoms with Crippen LogP contribution in [0.15, 0.2) is 17.1 Å². The van der Waals surface area contributed by atoms with Gasteiger partial charge in [-0.3, -0.25) is 4.79 Å². The number of hydrogen-bond donors (Lipinski definition) is 2. The summed E-state index contributed by atoms with van der Waals surface area (Å²) in [6, 6.07) is 1.57. The van der Waals surface area contributed by atoms with Crippen LogP contribution in [0.3, 0.4) is 0 Å². The summed E-state index contributed by atoms with van der Waals surface area (Å²) in [6.45, 7) is 3.87. The molecule has 1 fully saturated rings. The Morgan fingerprint density at radius 3 is 2.95 bits per heavy atom. The number of carbonyl (C=O) groups is 1. The summed E-state index contributed by atoms with van der Waals surface area (Å²) in [5.41, 5.74) is 1.34. The highest BCUT2D eigenvalue weighted by atomic mass is 16.5. The van der Waals surface area contributed by atoms with E-state index in [1.165, 1.54) is 6.20 Å². The van der Waals surface area contributed by atoms with Crippen molar-refractivity contribution in [1.82, 2.24) is 19.9 Å². The number of fused-ring (bicyclic) bond motifs is 1. The predicted octanol–water partition coefficient (Wildman–Crippen LogP) is 0.666. The van der Waals surface area contributed by atoms with Crippen LogP contribution in [0.1, 0.15) is 41.7 Å². The standard InChI is InChI=1S/C14H18N4O3/c1-2-21-14(20)10-8-16-18-11(7-12(19)17-13(10)18)9-3-5-15-6-4-9/h7-9,15H,2-6H2,1H3,(H,17,19). The first kappa shape index (κ1) is 13.8. The largest absolute Gasteiger partial charge is 0.462 e. The van der Waals surface area contributed by atoms with Gasteiger partial charge in [0.15, 0.2) is 5.65 Å². The number of nitrogens with one attached hydrogen (secondary N) is 2. The highest BCUT2D eigenvalue weighted by molar-refractivity contribution is 5.95. The molecule has 3 heterocycles. The molecular formula is C14H18N4O3. The van der Waals surface area contributed by atoms with Crippen molar-refractivity contribution < 1.29 is 9.53 Å². The Balaban J connectivity index is 2.09. The van der Waals surface area contributed by atoms with Crippen LogP contribution < -0.4 is 10.9 Å². The van der Waals surface area contributed by atoms with Crippen molar-refractivity contribution in [2.75, 3.05) is 19.7 Å². The lowest BCUT2D eigenvalue weighted by Gasteiger charge is -2.23. The summed E-state index contributed by atoms with van der Waals surface area (Å²) >= 11 is 0. The van der Waals surface area contributed by atoms with E-state index >= 15 is 0 Å². The first-order chi connectivity index (χ1) is 10.2. The third-order valence-electron chi connectivity index (χ3n) is 3.79. The SMILES string of the molecule is CCOC(=O)c1cnn2c(C3CCNCC3)cc(=O)[nH]c12. The van der Waals surface area contributed by atoms with Gasteiger partial charge in [0.2, 0.25) is 0 Å². The molecular weight excluding hydrogens is 272 g/mol. The van der Waals surface area contributed by atoms with Crippen LogP contribution in [0, 0.1) is 0 Å². The molecule has 1 aliphatic heterocycles. The number of aromatic nitrogens is 3. The molecule has 2 N–H and O–H groups in total. The van der Waals surface area contributed by atoms with Crippen LogP contribution >= 0.6 is 0 Å². The van der Waals surface area contributed by atoms with E-state index in [9.17, 15) is 9.59 Å². The number of hydrogen-bond acceptors (Lipinski definition) is 5. The minimum absolute atomic E-state index is 0.220. The van der Waals surface area contributed by atoms with E-state index in [1.807, 2.05) is 0 Å². The second kappa shape index (κ2) is 5.69. The van der Waals surface area contributed by atoms with Gasteiger partial charge in [0, 0.05) is 12.0 Å². The van der Waals surface area contributed by atoms with Gasteiger partial charge in [-0.2, -0.15) is 5.10 Å². The van der Waals surface area contributed by atoms with Gasteiger partial charge in [-0.05, 0) is 32.9 Å². The molecule has 0 bridgehead atoms. The normalized spacial score (nSPS) is 16.2. The molecule has 7 heteroatoms. The van der Waals surface area contributed by atoms with Gasteiger partial charge in [0.1, 0.15) is 5.56 Å². The number of rotatable bonds is 3.